The number of nitrogens with zero attached hydrogens (tertiary/aromatic N) is 1. The van der Waals surface area contributed by atoms with Crippen molar-refractivity contribution in [3.8, 4) is 0 Å². The van der Waals surface area contributed by atoms with Crippen LogP contribution in [0.2, 0.25) is 0 Å². The summed E-state index contributed by atoms with van der Waals surface area (Å²) in [7, 11) is 0. The number of hydrogen-bond donors (Lipinski definition) is 1. The van der Waals surface area contributed by atoms with E-state index in [9.17, 15) is 9.90 Å². The second-order valence-electron chi connectivity index (χ2n) is 9.17. The van der Waals surface area contributed by atoms with Crippen molar-refractivity contribution in [1.82, 2.24) is 4.90 Å². The van der Waals surface area contributed by atoms with Crippen molar-refractivity contribution in [2.45, 2.75) is 56.5 Å². The maximum atomic E-state index is 13.2. The number of hydrogen-bond acceptors (Lipinski definition) is 2. The van der Waals surface area contributed by atoms with Crippen molar-refractivity contribution in [2.24, 2.45) is 23.7 Å². The number of carbonyl (C=O) groups excluding carboxylic acids is 1. The fourth-order valence-corrected chi connectivity index (χ4v) is 6.97. The average Bonchev–Trinajstić information content (AvgIpc) is 3.05. The van der Waals surface area contributed by atoms with Gasteiger partial charge in [-0.15, -0.1) is 0 Å². The second kappa shape index (κ2) is 5.84. The van der Waals surface area contributed by atoms with Crippen molar-refractivity contribution in [1.29, 1.82) is 0 Å². The van der Waals surface area contributed by atoms with E-state index in [1.807, 2.05) is 4.90 Å². The minimum Gasteiger partial charge on any atom is -0.391 e. The molecule has 6 rings (SSSR count). The lowest BCUT2D eigenvalue weighted by molar-refractivity contribution is -0.138. The third-order valence-corrected chi connectivity index (χ3v) is 7.87. The molecule has 1 amide bonds. The monoisotopic (exact) mass is 339 g/mol. The second-order valence-corrected chi connectivity index (χ2v) is 9.17. The molecular formula is C22H29NO2. The van der Waals surface area contributed by atoms with Crippen LogP contribution in [0.15, 0.2) is 30.3 Å². The zero-order chi connectivity index (χ0) is 17.0. The highest BCUT2D eigenvalue weighted by molar-refractivity contribution is 5.78. The standard InChI is InChI=1S/C22H29NO2/c24-20-6-7-23(14-20)21(25)13-22(17-4-2-1-3-5-17)18-9-15-8-16(11-18)12-19(22)10-15/h1-5,15-16,18-20,24H,6-14H2/t15?,16?,18?,19?,20-,22?/m0/s1. The Labute approximate surface area is 150 Å². The first-order valence-corrected chi connectivity index (χ1v) is 10.2. The first-order valence-electron chi connectivity index (χ1n) is 10.2. The lowest BCUT2D eigenvalue weighted by Gasteiger charge is -2.61. The van der Waals surface area contributed by atoms with Crippen LogP contribution in [-0.4, -0.2) is 35.1 Å². The molecule has 3 nitrogen and oxygen atoms in total. The number of rotatable bonds is 3. The molecule has 0 unspecified atom stereocenters. The smallest absolute Gasteiger partial charge is 0.223 e. The lowest BCUT2D eigenvalue weighted by atomic mass is 9.43. The summed E-state index contributed by atoms with van der Waals surface area (Å²) >= 11 is 0. The molecular weight excluding hydrogens is 310 g/mol. The predicted octanol–water partition coefficient (Wildman–Crippen LogP) is 3.36. The van der Waals surface area contributed by atoms with Crippen LogP contribution in [-0.2, 0) is 10.2 Å². The molecule has 1 aliphatic heterocycles. The van der Waals surface area contributed by atoms with Crippen LogP contribution in [0.1, 0.15) is 50.5 Å². The highest BCUT2D eigenvalue weighted by Gasteiger charge is 2.58. The minimum atomic E-state index is -0.324. The molecule has 1 atom stereocenters. The molecule has 5 fully saturated rings. The molecule has 1 heterocycles. The number of carbonyl (C=O) groups is 1. The topological polar surface area (TPSA) is 40.5 Å². The molecule has 0 spiro atoms. The lowest BCUT2D eigenvalue weighted by Crippen LogP contribution is -2.57. The summed E-state index contributed by atoms with van der Waals surface area (Å²) in [5.41, 5.74) is 1.44. The Balaban J connectivity index is 1.50. The van der Waals surface area contributed by atoms with Crippen molar-refractivity contribution < 1.29 is 9.90 Å². The molecule has 1 saturated heterocycles. The minimum absolute atomic E-state index is 0.0410. The molecule has 0 radical (unpaired) electrons. The Kier molecular flexibility index (Phi) is 3.70. The molecule has 4 saturated carbocycles. The van der Waals surface area contributed by atoms with Crippen LogP contribution in [0, 0.1) is 23.7 Å². The van der Waals surface area contributed by atoms with Crippen LogP contribution in [0.4, 0.5) is 0 Å². The maximum Gasteiger partial charge on any atom is 0.223 e. The summed E-state index contributed by atoms with van der Waals surface area (Å²) in [6.07, 6.45) is 7.77. The van der Waals surface area contributed by atoms with Crippen LogP contribution >= 0.6 is 0 Å². The summed E-state index contributed by atoms with van der Waals surface area (Å²) in [6, 6.07) is 10.9. The number of benzene rings is 1. The zero-order valence-corrected chi connectivity index (χ0v) is 14.9. The van der Waals surface area contributed by atoms with Crippen molar-refractivity contribution in [3.63, 3.8) is 0 Å². The SMILES string of the molecule is O=C(CC1(c2ccccc2)C2CC3CC(C2)CC1C3)N1CC[C@H](O)C1. The normalized spacial score (nSPS) is 42.1. The van der Waals surface area contributed by atoms with Crippen molar-refractivity contribution in [3.05, 3.63) is 35.9 Å². The van der Waals surface area contributed by atoms with E-state index in [1.165, 1.54) is 37.7 Å². The van der Waals surface area contributed by atoms with Gasteiger partial charge in [0.1, 0.15) is 0 Å². The van der Waals surface area contributed by atoms with Gasteiger partial charge in [-0.2, -0.15) is 0 Å². The van der Waals surface area contributed by atoms with Gasteiger partial charge in [-0.25, -0.2) is 0 Å². The molecule has 1 aromatic carbocycles. The van der Waals surface area contributed by atoms with E-state index in [4.69, 9.17) is 0 Å². The number of aliphatic hydroxyl groups is 1. The third kappa shape index (κ3) is 2.46. The summed E-state index contributed by atoms with van der Waals surface area (Å²) in [4.78, 5) is 15.1. The molecule has 3 heteroatoms. The summed E-state index contributed by atoms with van der Waals surface area (Å²) in [5, 5.41) is 9.84. The quantitative estimate of drug-likeness (QED) is 0.917. The molecule has 5 aliphatic rings. The van der Waals surface area contributed by atoms with Gasteiger partial charge in [-0.1, -0.05) is 30.3 Å². The Morgan fingerprint density at radius 2 is 1.68 bits per heavy atom. The molecule has 4 bridgehead atoms. The Bertz CT molecular complexity index is 627. The molecule has 0 aromatic heterocycles. The number of amides is 1. The zero-order valence-electron chi connectivity index (χ0n) is 14.9. The van der Waals surface area contributed by atoms with Crippen LogP contribution in [0.3, 0.4) is 0 Å². The third-order valence-electron chi connectivity index (χ3n) is 7.87. The first kappa shape index (κ1) is 15.9. The van der Waals surface area contributed by atoms with Gasteiger partial charge in [0.05, 0.1) is 6.10 Å². The number of β-amino-alcohol motifs (C(OH)–C–C–N with tert-alkyl or cyclic N) is 1. The summed E-state index contributed by atoms with van der Waals surface area (Å²) < 4.78 is 0. The molecule has 1 aromatic rings. The molecule has 4 aliphatic carbocycles. The number of likely N-dealkylation sites (tertiary alicyclic amines) is 1. The fourth-order valence-electron chi connectivity index (χ4n) is 6.97. The van der Waals surface area contributed by atoms with Crippen LogP contribution in [0.5, 0.6) is 0 Å². The summed E-state index contributed by atoms with van der Waals surface area (Å²) in [5.74, 6) is 3.42. The van der Waals surface area contributed by atoms with Crippen LogP contribution in [0.25, 0.3) is 0 Å². The van der Waals surface area contributed by atoms with Gasteiger partial charge in [0.25, 0.3) is 0 Å². The van der Waals surface area contributed by atoms with Gasteiger partial charge >= 0.3 is 0 Å². The fraction of sp³-hybridized carbons (Fsp3) is 0.682. The van der Waals surface area contributed by atoms with Gasteiger partial charge in [-0.3, -0.25) is 4.79 Å². The maximum absolute atomic E-state index is 13.2. The van der Waals surface area contributed by atoms with E-state index in [0.29, 0.717) is 24.8 Å². The van der Waals surface area contributed by atoms with E-state index in [-0.39, 0.29) is 17.4 Å². The Hall–Kier alpha value is -1.35. The Morgan fingerprint density at radius 1 is 1.04 bits per heavy atom. The van der Waals surface area contributed by atoms with Crippen molar-refractivity contribution >= 4 is 5.91 Å². The Morgan fingerprint density at radius 3 is 2.24 bits per heavy atom. The largest absolute Gasteiger partial charge is 0.391 e. The van der Waals surface area contributed by atoms with Gasteiger partial charge < -0.3 is 10.0 Å². The van der Waals surface area contributed by atoms with Crippen LogP contribution < -0.4 is 0 Å². The van der Waals surface area contributed by atoms with E-state index in [2.05, 4.69) is 30.3 Å². The van der Waals surface area contributed by atoms with E-state index < -0.39 is 0 Å². The van der Waals surface area contributed by atoms with Gasteiger partial charge in [0.15, 0.2) is 0 Å². The van der Waals surface area contributed by atoms with E-state index >= 15 is 0 Å². The molecule has 25 heavy (non-hydrogen) atoms. The first-order chi connectivity index (χ1) is 12.1. The van der Waals surface area contributed by atoms with Gasteiger partial charge in [-0.05, 0) is 67.8 Å². The van der Waals surface area contributed by atoms with E-state index in [0.717, 1.165) is 24.8 Å². The highest BCUT2D eigenvalue weighted by atomic mass is 16.3. The predicted molar refractivity (Wildman–Crippen MR) is 97.0 cm³/mol. The average molecular weight is 339 g/mol. The van der Waals surface area contributed by atoms with Gasteiger partial charge in [0.2, 0.25) is 5.91 Å². The van der Waals surface area contributed by atoms with E-state index in [1.54, 1.807) is 0 Å². The summed E-state index contributed by atoms with van der Waals surface area (Å²) in [6.45, 7) is 1.26. The molecule has 134 valence electrons. The highest BCUT2D eigenvalue weighted by Crippen LogP contribution is 2.64. The number of aliphatic hydroxyl groups excluding tert-OH is 1. The van der Waals surface area contributed by atoms with Gasteiger partial charge in [0, 0.05) is 24.9 Å². The molecule has 1 N–H and O–H groups in total. The van der Waals surface area contributed by atoms with Crippen molar-refractivity contribution in [2.75, 3.05) is 13.1 Å².